The highest BCUT2D eigenvalue weighted by molar-refractivity contribution is 5.19. The van der Waals surface area contributed by atoms with Crippen molar-refractivity contribution in [3.05, 3.63) is 35.9 Å². The predicted octanol–water partition coefficient (Wildman–Crippen LogP) is 6.49. The van der Waals surface area contributed by atoms with E-state index in [0.717, 1.165) is 45.0 Å². The first-order valence-electron chi connectivity index (χ1n) is 14.1. The summed E-state index contributed by atoms with van der Waals surface area (Å²) in [4.78, 5) is 2.42. The molecule has 2 N–H and O–H groups in total. The molecule has 2 rings (SSSR count). The molecule has 1 aliphatic rings. The molecule has 190 valence electrons. The maximum absolute atomic E-state index is 11.0. The van der Waals surface area contributed by atoms with Crippen LogP contribution in [0.2, 0.25) is 0 Å². The monoisotopic (exact) mass is 460 g/mol. The number of nitrogens with zero attached hydrogens (tertiary/aromatic N) is 1. The van der Waals surface area contributed by atoms with Gasteiger partial charge in [0, 0.05) is 25.7 Å². The molecule has 1 heterocycles. The third-order valence-electron chi connectivity index (χ3n) is 7.02. The first kappa shape index (κ1) is 28.3. The van der Waals surface area contributed by atoms with E-state index in [2.05, 4.69) is 17.1 Å². The van der Waals surface area contributed by atoms with Gasteiger partial charge in [-0.25, -0.2) is 0 Å². The normalized spacial score (nSPS) is 16.7. The number of benzene rings is 1. The number of ether oxygens (including phenoxy) is 1. The van der Waals surface area contributed by atoms with Crippen LogP contribution in [0.15, 0.2) is 30.3 Å². The van der Waals surface area contributed by atoms with Crippen molar-refractivity contribution in [2.45, 2.75) is 109 Å². The van der Waals surface area contributed by atoms with Crippen molar-refractivity contribution in [3.63, 3.8) is 0 Å². The van der Waals surface area contributed by atoms with E-state index in [-0.39, 0.29) is 6.04 Å². The summed E-state index contributed by atoms with van der Waals surface area (Å²) in [6, 6.07) is 10.2. The molecule has 1 saturated heterocycles. The molecule has 0 radical (unpaired) electrons. The highest BCUT2D eigenvalue weighted by Crippen LogP contribution is 2.18. The fraction of sp³-hybridized carbons (Fsp3) is 0.793. The van der Waals surface area contributed by atoms with E-state index < -0.39 is 6.10 Å². The molecule has 1 aromatic carbocycles. The van der Waals surface area contributed by atoms with Gasteiger partial charge in [-0.2, -0.15) is 0 Å². The van der Waals surface area contributed by atoms with Crippen LogP contribution in [0.5, 0.6) is 0 Å². The number of morpholine rings is 1. The minimum Gasteiger partial charge on any atom is -0.387 e. The van der Waals surface area contributed by atoms with Crippen LogP contribution in [-0.2, 0) is 4.74 Å². The largest absolute Gasteiger partial charge is 0.387 e. The van der Waals surface area contributed by atoms with E-state index in [4.69, 9.17) is 4.74 Å². The second kappa shape index (κ2) is 19.4. The summed E-state index contributed by atoms with van der Waals surface area (Å²) >= 11 is 0. The molecular weight excluding hydrogens is 408 g/mol. The molecule has 2 unspecified atom stereocenters. The standard InChI is InChI=1S/C29H52N2O2/c1-2-3-4-5-6-7-8-9-10-11-12-13-14-18-21-30-28(26-31-22-24-33-25-23-31)29(32)27-19-16-15-17-20-27/h15-17,19-20,28-30,32H,2-14,18,21-26H2,1H3. The number of hydrogen-bond donors (Lipinski definition) is 2. The van der Waals surface area contributed by atoms with Gasteiger partial charge in [0.15, 0.2) is 0 Å². The summed E-state index contributed by atoms with van der Waals surface area (Å²) in [5.74, 6) is 0. The van der Waals surface area contributed by atoms with Gasteiger partial charge in [-0.3, -0.25) is 4.90 Å². The van der Waals surface area contributed by atoms with E-state index in [1.807, 2.05) is 30.3 Å². The van der Waals surface area contributed by atoms with Crippen LogP contribution in [0, 0.1) is 0 Å². The van der Waals surface area contributed by atoms with Crippen molar-refractivity contribution in [1.29, 1.82) is 0 Å². The first-order valence-corrected chi connectivity index (χ1v) is 14.1. The van der Waals surface area contributed by atoms with Gasteiger partial charge < -0.3 is 15.2 Å². The zero-order chi connectivity index (χ0) is 23.4. The molecule has 0 saturated carbocycles. The van der Waals surface area contributed by atoms with Crippen LogP contribution in [0.4, 0.5) is 0 Å². The summed E-state index contributed by atoms with van der Waals surface area (Å²) < 4.78 is 5.49. The summed E-state index contributed by atoms with van der Waals surface area (Å²) in [7, 11) is 0. The van der Waals surface area contributed by atoms with Crippen molar-refractivity contribution >= 4 is 0 Å². The number of unbranched alkanes of at least 4 members (excludes halogenated alkanes) is 13. The average molecular weight is 461 g/mol. The number of hydrogen-bond acceptors (Lipinski definition) is 4. The molecule has 0 amide bonds. The van der Waals surface area contributed by atoms with Crippen molar-refractivity contribution < 1.29 is 9.84 Å². The second-order valence-electron chi connectivity index (χ2n) is 9.93. The fourth-order valence-electron chi connectivity index (χ4n) is 4.83. The maximum Gasteiger partial charge on any atom is 0.0955 e. The van der Waals surface area contributed by atoms with E-state index in [1.54, 1.807) is 0 Å². The number of aliphatic hydroxyl groups is 1. The smallest absolute Gasteiger partial charge is 0.0955 e. The molecule has 0 bridgehead atoms. The number of nitrogens with one attached hydrogen (secondary N) is 1. The lowest BCUT2D eigenvalue weighted by atomic mass is 10.0. The minimum atomic E-state index is -0.472. The molecule has 1 aromatic rings. The van der Waals surface area contributed by atoms with Crippen molar-refractivity contribution in [2.24, 2.45) is 0 Å². The van der Waals surface area contributed by atoms with E-state index in [9.17, 15) is 5.11 Å². The highest BCUT2D eigenvalue weighted by atomic mass is 16.5. The van der Waals surface area contributed by atoms with Gasteiger partial charge in [-0.05, 0) is 18.5 Å². The van der Waals surface area contributed by atoms with E-state index in [1.165, 1.54) is 89.9 Å². The quantitative estimate of drug-likeness (QED) is 0.218. The van der Waals surface area contributed by atoms with Gasteiger partial charge in [0.25, 0.3) is 0 Å². The zero-order valence-corrected chi connectivity index (χ0v) is 21.5. The van der Waals surface area contributed by atoms with Crippen LogP contribution in [0.25, 0.3) is 0 Å². The Hall–Kier alpha value is -0.940. The molecular formula is C29H52N2O2. The summed E-state index contributed by atoms with van der Waals surface area (Å²) in [6.07, 6.45) is 18.9. The zero-order valence-electron chi connectivity index (χ0n) is 21.5. The lowest BCUT2D eigenvalue weighted by Crippen LogP contribution is -2.48. The lowest BCUT2D eigenvalue weighted by molar-refractivity contribution is 0.0202. The third kappa shape index (κ3) is 13.5. The van der Waals surface area contributed by atoms with Crippen LogP contribution in [0.1, 0.15) is 108 Å². The molecule has 4 nitrogen and oxygen atoms in total. The molecule has 1 aliphatic heterocycles. The highest BCUT2D eigenvalue weighted by Gasteiger charge is 2.24. The minimum absolute atomic E-state index is 0.0625. The Kier molecular flexibility index (Phi) is 16.6. The molecule has 0 aromatic heterocycles. The molecule has 4 heteroatoms. The van der Waals surface area contributed by atoms with E-state index >= 15 is 0 Å². The van der Waals surface area contributed by atoms with Gasteiger partial charge in [0.2, 0.25) is 0 Å². The predicted molar refractivity (Wildman–Crippen MR) is 141 cm³/mol. The van der Waals surface area contributed by atoms with Gasteiger partial charge in [0.1, 0.15) is 0 Å². The third-order valence-corrected chi connectivity index (χ3v) is 7.02. The summed E-state index contributed by atoms with van der Waals surface area (Å²) in [5, 5.41) is 14.7. The van der Waals surface area contributed by atoms with Crippen LogP contribution in [0.3, 0.4) is 0 Å². The fourth-order valence-corrected chi connectivity index (χ4v) is 4.83. The second-order valence-corrected chi connectivity index (χ2v) is 9.93. The Morgan fingerprint density at radius 3 is 1.85 bits per heavy atom. The topological polar surface area (TPSA) is 44.7 Å². The SMILES string of the molecule is CCCCCCCCCCCCCCCCNC(CN1CCOCC1)C(O)c1ccccc1. The Balaban J connectivity index is 1.52. The van der Waals surface area contributed by atoms with Crippen molar-refractivity contribution in [1.82, 2.24) is 10.2 Å². The van der Waals surface area contributed by atoms with Crippen LogP contribution < -0.4 is 5.32 Å². The lowest BCUT2D eigenvalue weighted by Gasteiger charge is -2.33. The maximum atomic E-state index is 11.0. The Morgan fingerprint density at radius 1 is 0.788 bits per heavy atom. The van der Waals surface area contributed by atoms with Crippen LogP contribution in [-0.4, -0.2) is 55.4 Å². The summed E-state index contributed by atoms with van der Waals surface area (Å²) in [6.45, 7) is 7.66. The van der Waals surface area contributed by atoms with Crippen LogP contribution >= 0.6 is 0 Å². The first-order chi connectivity index (χ1) is 16.3. The van der Waals surface area contributed by atoms with Gasteiger partial charge in [0.05, 0.1) is 19.3 Å². The molecule has 33 heavy (non-hydrogen) atoms. The Morgan fingerprint density at radius 2 is 1.30 bits per heavy atom. The number of aliphatic hydroxyl groups excluding tert-OH is 1. The molecule has 0 spiro atoms. The Bertz CT molecular complexity index is 548. The van der Waals surface area contributed by atoms with Gasteiger partial charge in [-0.15, -0.1) is 0 Å². The molecule has 1 fully saturated rings. The number of rotatable bonds is 20. The molecule has 2 atom stereocenters. The van der Waals surface area contributed by atoms with Gasteiger partial charge in [-0.1, -0.05) is 121 Å². The van der Waals surface area contributed by atoms with Gasteiger partial charge >= 0.3 is 0 Å². The van der Waals surface area contributed by atoms with Crippen molar-refractivity contribution in [2.75, 3.05) is 39.4 Å². The Labute approximate surface area is 204 Å². The van der Waals surface area contributed by atoms with Crippen molar-refractivity contribution in [3.8, 4) is 0 Å². The van der Waals surface area contributed by atoms with E-state index in [0.29, 0.717) is 0 Å². The summed E-state index contributed by atoms with van der Waals surface area (Å²) in [5.41, 5.74) is 1.00. The molecule has 0 aliphatic carbocycles. The average Bonchev–Trinajstić information content (AvgIpc) is 2.86.